The summed E-state index contributed by atoms with van der Waals surface area (Å²) in [5.74, 6) is -1.25. The lowest BCUT2D eigenvalue weighted by Crippen LogP contribution is -2.30. The molecule has 0 atom stereocenters. The monoisotopic (exact) mass is 388 g/mol. The zero-order valence-corrected chi connectivity index (χ0v) is 15.7. The highest BCUT2D eigenvalue weighted by atomic mass is 35.5. The van der Waals surface area contributed by atoms with Crippen molar-refractivity contribution in [3.05, 3.63) is 95.0 Å². The first kappa shape index (κ1) is 18.0. The molecule has 0 unspecified atom stereocenters. The number of hydrogen-bond donors (Lipinski definition) is 2. The van der Waals surface area contributed by atoms with E-state index in [0.29, 0.717) is 16.3 Å². The van der Waals surface area contributed by atoms with Gasteiger partial charge in [-0.3, -0.25) is 9.59 Å². The highest BCUT2D eigenvalue weighted by Gasteiger charge is 2.24. The summed E-state index contributed by atoms with van der Waals surface area (Å²) in [6.45, 7) is 0.188. The first-order chi connectivity index (χ1) is 13.6. The van der Waals surface area contributed by atoms with Gasteiger partial charge >= 0.3 is 0 Å². The molecule has 4 nitrogen and oxygen atoms in total. The average Bonchev–Trinajstić information content (AvgIpc) is 3.12. The van der Waals surface area contributed by atoms with Crippen LogP contribution in [0.4, 0.5) is 0 Å². The Hall–Kier alpha value is -3.37. The van der Waals surface area contributed by atoms with Crippen LogP contribution in [0.1, 0.15) is 15.9 Å². The first-order valence-electron chi connectivity index (χ1n) is 8.87. The molecule has 138 valence electrons. The summed E-state index contributed by atoms with van der Waals surface area (Å²) in [4.78, 5) is 29.0. The Labute approximate surface area is 167 Å². The van der Waals surface area contributed by atoms with Crippen molar-refractivity contribution in [2.75, 3.05) is 0 Å². The fraction of sp³-hybridized carbons (Fsp3) is 0.0435. The minimum atomic E-state index is -0.665. The molecule has 0 aliphatic carbocycles. The van der Waals surface area contributed by atoms with Crippen molar-refractivity contribution in [2.24, 2.45) is 0 Å². The van der Waals surface area contributed by atoms with Gasteiger partial charge in [0.25, 0.3) is 11.7 Å². The largest absolute Gasteiger partial charge is 0.354 e. The molecule has 4 aromatic rings. The lowest BCUT2D eigenvalue weighted by Gasteiger charge is -2.08. The molecule has 0 radical (unpaired) electrons. The second-order valence-electron chi connectivity index (χ2n) is 6.39. The average molecular weight is 389 g/mol. The van der Waals surface area contributed by atoms with Crippen LogP contribution in [0.3, 0.4) is 0 Å². The van der Waals surface area contributed by atoms with E-state index < -0.39 is 11.7 Å². The van der Waals surface area contributed by atoms with Gasteiger partial charge in [-0.1, -0.05) is 78.3 Å². The molecule has 0 saturated carbocycles. The maximum Gasteiger partial charge on any atom is 0.292 e. The zero-order valence-electron chi connectivity index (χ0n) is 14.9. The minimum Gasteiger partial charge on any atom is -0.354 e. The molecule has 4 rings (SSSR count). The van der Waals surface area contributed by atoms with Crippen LogP contribution < -0.4 is 5.32 Å². The van der Waals surface area contributed by atoms with Gasteiger partial charge in [0.05, 0.1) is 11.3 Å². The number of H-pyrrole nitrogens is 1. The number of aromatic nitrogens is 1. The van der Waals surface area contributed by atoms with Gasteiger partial charge in [-0.15, -0.1) is 0 Å². The number of halogens is 1. The van der Waals surface area contributed by atoms with Crippen LogP contribution in [0.5, 0.6) is 0 Å². The van der Waals surface area contributed by atoms with E-state index >= 15 is 0 Å². The standard InChI is InChI=1S/C23H17ClN2O2/c24-18-12-6-4-10-16(18)14-25-23(28)22(27)20-17-11-5-7-13-19(17)26-21(20)15-8-2-1-3-9-15/h1-13,26H,14H2,(H,25,28). The fourth-order valence-corrected chi connectivity index (χ4v) is 3.41. The van der Waals surface area contributed by atoms with Crippen LogP contribution in [0, 0.1) is 0 Å². The van der Waals surface area contributed by atoms with Gasteiger partial charge in [0, 0.05) is 22.5 Å². The quantitative estimate of drug-likeness (QED) is 0.374. The number of amides is 1. The highest BCUT2D eigenvalue weighted by Crippen LogP contribution is 2.30. The second kappa shape index (κ2) is 7.71. The second-order valence-corrected chi connectivity index (χ2v) is 6.80. The normalized spacial score (nSPS) is 10.8. The van der Waals surface area contributed by atoms with Gasteiger partial charge in [-0.25, -0.2) is 0 Å². The number of benzene rings is 3. The Bertz CT molecular complexity index is 1170. The first-order valence-corrected chi connectivity index (χ1v) is 9.25. The zero-order chi connectivity index (χ0) is 19.5. The predicted molar refractivity (Wildman–Crippen MR) is 111 cm³/mol. The van der Waals surface area contributed by atoms with Crippen LogP contribution in [-0.2, 0) is 11.3 Å². The van der Waals surface area contributed by atoms with E-state index in [4.69, 9.17) is 11.6 Å². The minimum absolute atomic E-state index is 0.188. The van der Waals surface area contributed by atoms with E-state index in [9.17, 15) is 9.59 Å². The number of hydrogen-bond acceptors (Lipinski definition) is 2. The topological polar surface area (TPSA) is 62.0 Å². The molecular weight excluding hydrogens is 372 g/mol. The molecule has 1 heterocycles. The van der Waals surface area contributed by atoms with Gasteiger partial charge in [0.1, 0.15) is 0 Å². The third-order valence-electron chi connectivity index (χ3n) is 4.60. The van der Waals surface area contributed by atoms with Crippen molar-refractivity contribution in [1.82, 2.24) is 10.3 Å². The summed E-state index contributed by atoms with van der Waals surface area (Å²) in [7, 11) is 0. The number of Topliss-reactive ketones (excluding diaryl/α,β-unsaturated/α-hetero) is 1. The van der Waals surface area contributed by atoms with Crippen molar-refractivity contribution in [2.45, 2.75) is 6.54 Å². The number of ketones is 1. The molecule has 1 amide bonds. The fourth-order valence-electron chi connectivity index (χ4n) is 3.21. The van der Waals surface area contributed by atoms with Crippen LogP contribution >= 0.6 is 11.6 Å². The van der Waals surface area contributed by atoms with Crippen LogP contribution in [-0.4, -0.2) is 16.7 Å². The van der Waals surface area contributed by atoms with Crippen molar-refractivity contribution in [3.8, 4) is 11.3 Å². The maximum atomic E-state index is 13.1. The van der Waals surface area contributed by atoms with E-state index in [1.165, 1.54) is 0 Å². The molecule has 3 aromatic carbocycles. The Morgan fingerprint density at radius 2 is 1.54 bits per heavy atom. The van der Waals surface area contributed by atoms with Crippen LogP contribution in [0.25, 0.3) is 22.2 Å². The molecule has 2 N–H and O–H groups in total. The van der Waals surface area contributed by atoms with Gasteiger partial charge in [-0.2, -0.15) is 0 Å². The maximum absolute atomic E-state index is 13.1. The number of nitrogens with one attached hydrogen (secondary N) is 2. The van der Waals surface area contributed by atoms with Crippen molar-refractivity contribution >= 4 is 34.2 Å². The third kappa shape index (κ3) is 3.42. The van der Waals surface area contributed by atoms with Gasteiger partial charge < -0.3 is 10.3 Å². The van der Waals surface area contributed by atoms with Crippen LogP contribution in [0.2, 0.25) is 5.02 Å². The summed E-state index contributed by atoms with van der Waals surface area (Å²) in [5.41, 5.74) is 3.43. The molecule has 0 spiro atoms. The van der Waals surface area contributed by atoms with Gasteiger partial charge in [0.15, 0.2) is 0 Å². The SMILES string of the molecule is O=C(NCc1ccccc1Cl)C(=O)c1c(-c2ccccc2)[nH]c2ccccc12. The van der Waals surface area contributed by atoms with Crippen LogP contribution in [0.15, 0.2) is 78.9 Å². The Morgan fingerprint density at radius 1 is 0.857 bits per heavy atom. The highest BCUT2D eigenvalue weighted by molar-refractivity contribution is 6.46. The summed E-state index contributed by atoms with van der Waals surface area (Å²) in [5, 5.41) is 3.95. The van der Waals surface area contributed by atoms with E-state index in [1.54, 1.807) is 6.07 Å². The molecule has 0 aliphatic heterocycles. The summed E-state index contributed by atoms with van der Waals surface area (Å²) < 4.78 is 0. The number of carbonyl (C=O) groups excluding carboxylic acids is 2. The summed E-state index contributed by atoms with van der Waals surface area (Å²) >= 11 is 6.13. The van der Waals surface area contributed by atoms with Crippen molar-refractivity contribution < 1.29 is 9.59 Å². The number of carbonyl (C=O) groups is 2. The molecule has 0 fully saturated rings. The van der Waals surface area contributed by atoms with E-state index in [0.717, 1.165) is 22.0 Å². The molecule has 0 saturated heterocycles. The molecular formula is C23H17ClN2O2. The van der Waals surface area contributed by atoms with E-state index in [2.05, 4.69) is 10.3 Å². The van der Waals surface area contributed by atoms with Gasteiger partial charge in [-0.05, 0) is 23.3 Å². The third-order valence-corrected chi connectivity index (χ3v) is 4.97. The molecule has 0 bridgehead atoms. The molecule has 5 heteroatoms. The lowest BCUT2D eigenvalue weighted by molar-refractivity contribution is -0.117. The Morgan fingerprint density at radius 3 is 2.32 bits per heavy atom. The predicted octanol–water partition coefficient (Wildman–Crippen LogP) is 4.99. The van der Waals surface area contributed by atoms with E-state index in [1.807, 2.05) is 72.8 Å². The number of fused-ring (bicyclic) bond motifs is 1. The van der Waals surface area contributed by atoms with Crippen molar-refractivity contribution in [1.29, 1.82) is 0 Å². The summed E-state index contributed by atoms with van der Waals surface area (Å²) in [6, 6.07) is 24.2. The smallest absolute Gasteiger partial charge is 0.292 e. The molecule has 1 aromatic heterocycles. The number of aromatic amines is 1. The van der Waals surface area contributed by atoms with E-state index in [-0.39, 0.29) is 6.54 Å². The lowest BCUT2D eigenvalue weighted by atomic mass is 10.0. The number of rotatable bonds is 5. The van der Waals surface area contributed by atoms with Gasteiger partial charge in [0.2, 0.25) is 0 Å². The molecule has 28 heavy (non-hydrogen) atoms. The molecule has 0 aliphatic rings. The van der Waals surface area contributed by atoms with Crippen molar-refractivity contribution in [3.63, 3.8) is 0 Å². The number of para-hydroxylation sites is 1. The summed E-state index contributed by atoms with van der Waals surface area (Å²) in [6.07, 6.45) is 0. The Kier molecular flexibility index (Phi) is 4.96. The Balaban J connectivity index is 1.68.